The summed E-state index contributed by atoms with van der Waals surface area (Å²) in [6.45, 7) is 1.05. The van der Waals surface area contributed by atoms with Gasteiger partial charge in [-0.2, -0.15) is 0 Å². The first-order chi connectivity index (χ1) is 8.65. The quantitative estimate of drug-likeness (QED) is 0.881. The Morgan fingerprint density at radius 3 is 2.83 bits per heavy atom. The highest BCUT2D eigenvalue weighted by molar-refractivity contribution is 9.10. The fraction of sp³-hybridized carbons (Fsp3) is 0.231. The molecule has 1 saturated heterocycles. The van der Waals surface area contributed by atoms with Crippen LogP contribution in [0.15, 0.2) is 34.8 Å². The number of pyridine rings is 1. The van der Waals surface area contributed by atoms with Crippen LogP contribution in [0.4, 0.5) is 4.79 Å². The summed E-state index contributed by atoms with van der Waals surface area (Å²) in [5, 5.41) is 9.92. The van der Waals surface area contributed by atoms with Gasteiger partial charge in [-0.25, -0.2) is 4.79 Å². The molecule has 1 aromatic carbocycles. The van der Waals surface area contributed by atoms with Gasteiger partial charge in [0.05, 0.1) is 11.2 Å². The average Bonchev–Trinajstić information content (AvgIpc) is 2.27. The molecule has 1 aliphatic heterocycles. The lowest BCUT2D eigenvalue weighted by Crippen LogP contribution is -2.48. The zero-order valence-corrected chi connectivity index (χ0v) is 11.1. The van der Waals surface area contributed by atoms with E-state index in [1.54, 1.807) is 0 Å². The number of halogens is 1. The van der Waals surface area contributed by atoms with Crippen molar-refractivity contribution in [2.45, 2.75) is 5.92 Å². The first-order valence-electron chi connectivity index (χ1n) is 5.68. The van der Waals surface area contributed by atoms with Crippen LogP contribution in [-0.4, -0.2) is 34.2 Å². The van der Waals surface area contributed by atoms with Crippen molar-refractivity contribution in [3.63, 3.8) is 0 Å². The molecule has 1 amide bonds. The molecular formula is C13H11BrN2O2. The lowest BCUT2D eigenvalue weighted by molar-refractivity contribution is 0.104. The molecule has 4 nitrogen and oxygen atoms in total. The minimum Gasteiger partial charge on any atom is -0.465 e. The Kier molecular flexibility index (Phi) is 2.70. The van der Waals surface area contributed by atoms with Crippen LogP contribution in [-0.2, 0) is 0 Å². The van der Waals surface area contributed by atoms with Crippen LogP contribution in [0.1, 0.15) is 11.6 Å². The molecule has 2 aromatic rings. The van der Waals surface area contributed by atoms with Crippen LogP contribution >= 0.6 is 15.9 Å². The van der Waals surface area contributed by atoms with Crippen LogP contribution in [0.5, 0.6) is 0 Å². The number of fused-ring (bicyclic) bond motifs is 1. The van der Waals surface area contributed by atoms with E-state index in [0.29, 0.717) is 13.1 Å². The highest BCUT2D eigenvalue weighted by atomic mass is 79.9. The van der Waals surface area contributed by atoms with E-state index in [0.717, 1.165) is 21.1 Å². The highest BCUT2D eigenvalue weighted by Crippen LogP contribution is 2.32. The van der Waals surface area contributed by atoms with Crippen molar-refractivity contribution in [2.75, 3.05) is 13.1 Å². The highest BCUT2D eigenvalue weighted by Gasteiger charge is 2.33. The standard InChI is InChI=1S/C13H11BrN2O2/c14-10-5-8-3-1-2-4-11(8)15-12(10)9-6-16(7-9)13(17)18/h1-5,9H,6-7H2,(H,17,18). The summed E-state index contributed by atoms with van der Waals surface area (Å²) in [5.74, 6) is 0.195. The fourth-order valence-electron chi connectivity index (χ4n) is 2.20. The van der Waals surface area contributed by atoms with E-state index in [1.807, 2.05) is 30.3 Å². The molecule has 0 saturated carbocycles. The topological polar surface area (TPSA) is 53.4 Å². The Hall–Kier alpha value is -1.62. The molecule has 2 heterocycles. The molecule has 1 aliphatic rings. The van der Waals surface area contributed by atoms with Gasteiger partial charge in [-0.15, -0.1) is 0 Å². The average molecular weight is 307 g/mol. The third-order valence-electron chi connectivity index (χ3n) is 3.24. The molecule has 3 rings (SSSR count). The van der Waals surface area contributed by atoms with E-state index in [2.05, 4.69) is 20.9 Å². The first-order valence-corrected chi connectivity index (χ1v) is 6.47. The normalized spacial score (nSPS) is 15.7. The fourth-order valence-corrected chi connectivity index (χ4v) is 2.86. The van der Waals surface area contributed by atoms with E-state index in [-0.39, 0.29) is 5.92 Å². The molecule has 0 radical (unpaired) electrons. The van der Waals surface area contributed by atoms with Gasteiger partial charge in [0.1, 0.15) is 0 Å². The minimum atomic E-state index is -0.858. The lowest BCUT2D eigenvalue weighted by Gasteiger charge is -2.37. The van der Waals surface area contributed by atoms with Crippen molar-refractivity contribution in [3.05, 3.63) is 40.5 Å². The molecule has 92 valence electrons. The molecule has 0 aliphatic carbocycles. The van der Waals surface area contributed by atoms with Crippen LogP contribution in [0, 0.1) is 0 Å². The number of amides is 1. The molecule has 5 heteroatoms. The second kappa shape index (κ2) is 4.24. The zero-order chi connectivity index (χ0) is 12.7. The number of hydrogen-bond acceptors (Lipinski definition) is 2. The van der Waals surface area contributed by atoms with Gasteiger partial charge in [0.2, 0.25) is 0 Å². The van der Waals surface area contributed by atoms with Gasteiger partial charge in [-0.3, -0.25) is 4.98 Å². The van der Waals surface area contributed by atoms with Crippen LogP contribution in [0.25, 0.3) is 10.9 Å². The van der Waals surface area contributed by atoms with Crippen molar-refractivity contribution in [2.24, 2.45) is 0 Å². The van der Waals surface area contributed by atoms with E-state index in [4.69, 9.17) is 5.11 Å². The van der Waals surface area contributed by atoms with Crippen LogP contribution in [0.2, 0.25) is 0 Å². The summed E-state index contributed by atoms with van der Waals surface area (Å²) in [5.41, 5.74) is 1.90. The summed E-state index contributed by atoms with van der Waals surface area (Å²) in [6, 6.07) is 9.96. The second-order valence-corrected chi connectivity index (χ2v) is 5.29. The molecule has 0 atom stereocenters. The molecule has 1 fully saturated rings. The number of carbonyl (C=O) groups is 1. The summed E-state index contributed by atoms with van der Waals surface area (Å²) in [7, 11) is 0. The van der Waals surface area contributed by atoms with Crippen molar-refractivity contribution < 1.29 is 9.90 Å². The predicted octanol–water partition coefficient (Wildman–Crippen LogP) is 3.07. The summed E-state index contributed by atoms with van der Waals surface area (Å²) in [6.07, 6.45) is -0.858. The lowest BCUT2D eigenvalue weighted by atomic mass is 9.96. The molecule has 18 heavy (non-hydrogen) atoms. The van der Waals surface area contributed by atoms with Crippen LogP contribution < -0.4 is 0 Å². The Bertz CT molecular complexity index is 623. The number of para-hydroxylation sites is 1. The smallest absolute Gasteiger partial charge is 0.407 e. The third-order valence-corrected chi connectivity index (χ3v) is 3.88. The minimum absolute atomic E-state index is 0.195. The number of rotatable bonds is 1. The molecule has 1 aromatic heterocycles. The Morgan fingerprint density at radius 2 is 2.11 bits per heavy atom. The maximum atomic E-state index is 10.7. The molecule has 0 spiro atoms. The molecule has 1 N–H and O–H groups in total. The number of benzene rings is 1. The van der Waals surface area contributed by atoms with E-state index < -0.39 is 6.09 Å². The third kappa shape index (κ3) is 1.84. The van der Waals surface area contributed by atoms with Gasteiger partial charge >= 0.3 is 6.09 Å². The number of aromatic nitrogens is 1. The molecule has 0 unspecified atom stereocenters. The first kappa shape index (κ1) is 11.5. The second-order valence-electron chi connectivity index (χ2n) is 4.43. The largest absolute Gasteiger partial charge is 0.465 e. The number of carboxylic acid groups (broad SMARTS) is 1. The number of hydrogen-bond donors (Lipinski definition) is 1. The van der Waals surface area contributed by atoms with E-state index in [9.17, 15) is 4.79 Å². The number of likely N-dealkylation sites (tertiary alicyclic amines) is 1. The van der Waals surface area contributed by atoms with Crippen molar-refractivity contribution >= 4 is 32.9 Å². The maximum Gasteiger partial charge on any atom is 0.407 e. The predicted molar refractivity (Wildman–Crippen MR) is 71.8 cm³/mol. The summed E-state index contributed by atoms with van der Waals surface area (Å²) < 4.78 is 0.955. The van der Waals surface area contributed by atoms with E-state index in [1.165, 1.54) is 4.90 Å². The SMILES string of the molecule is O=C(O)N1CC(c2nc3ccccc3cc2Br)C1. The zero-order valence-electron chi connectivity index (χ0n) is 9.51. The van der Waals surface area contributed by atoms with Gasteiger partial charge in [-0.05, 0) is 28.1 Å². The van der Waals surface area contributed by atoms with E-state index >= 15 is 0 Å². The van der Waals surface area contributed by atoms with Crippen molar-refractivity contribution in [1.29, 1.82) is 0 Å². The molecule has 0 bridgehead atoms. The Balaban J connectivity index is 1.93. The van der Waals surface area contributed by atoms with Gasteiger partial charge in [0.15, 0.2) is 0 Å². The van der Waals surface area contributed by atoms with Crippen molar-refractivity contribution in [3.8, 4) is 0 Å². The van der Waals surface area contributed by atoms with Crippen LogP contribution in [0.3, 0.4) is 0 Å². The summed E-state index contributed by atoms with van der Waals surface area (Å²) >= 11 is 3.52. The van der Waals surface area contributed by atoms with Gasteiger partial charge in [0, 0.05) is 28.9 Å². The van der Waals surface area contributed by atoms with Gasteiger partial charge < -0.3 is 10.0 Å². The maximum absolute atomic E-state index is 10.7. The summed E-state index contributed by atoms with van der Waals surface area (Å²) in [4.78, 5) is 16.8. The van der Waals surface area contributed by atoms with Crippen molar-refractivity contribution in [1.82, 2.24) is 9.88 Å². The molecular weight excluding hydrogens is 296 g/mol. The Morgan fingerprint density at radius 1 is 1.39 bits per heavy atom. The van der Waals surface area contributed by atoms with Gasteiger partial charge in [-0.1, -0.05) is 18.2 Å². The number of nitrogens with zero attached hydrogens (tertiary/aromatic N) is 2. The van der Waals surface area contributed by atoms with Gasteiger partial charge in [0.25, 0.3) is 0 Å². The monoisotopic (exact) mass is 306 g/mol. The Labute approximate surface area is 112 Å².